The summed E-state index contributed by atoms with van der Waals surface area (Å²) in [7, 11) is -4.13. The molecule has 4 nitrogen and oxygen atoms in total. The fourth-order valence-electron chi connectivity index (χ4n) is 2.97. The van der Waals surface area contributed by atoms with E-state index in [-0.39, 0.29) is 11.3 Å². The third-order valence-electron chi connectivity index (χ3n) is 3.95. The minimum absolute atomic E-state index is 0.132. The van der Waals surface area contributed by atoms with Crippen molar-refractivity contribution in [2.24, 2.45) is 0 Å². The van der Waals surface area contributed by atoms with Crippen LogP contribution in [0.25, 0.3) is 4.91 Å². The number of hydrogen-bond donors (Lipinski definition) is 1. The molecule has 0 saturated heterocycles. The Hall–Kier alpha value is -1.40. The lowest BCUT2D eigenvalue weighted by molar-refractivity contribution is 0.0449. The Morgan fingerprint density at radius 1 is 1.15 bits per heavy atom. The molecule has 1 spiro atoms. The Labute approximate surface area is 117 Å². The number of aliphatic hydroxyl groups is 1. The van der Waals surface area contributed by atoms with E-state index in [9.17, 15) is 17.9 Å². The number of hydrogen-bond acceptors (Lipinski definition) is 4. The van der Waals surface area contributed by atoms with Crippen molar-refractivity contribution in [3.05, 3.63) is 41.4 Å². The summed E-state index contributed by atoms with van der Waals surface area (Å²) in [5, 5.41) is 10.4. The normalized spacial score (nSPS) is 24.2. The van der Waals surface area contributed by atoms with Crippen molar-refractivity contribution in [1.29, 1.82) is 0 Å². The van der Waals surface area contributed by atoms with Crippen LogP contribution in [-0.4, -0.2) is 19.1 Å². The van der Waals surface area contributed by atoms with E-state index in [1.807, 2.05) is 0 Å². The van der Waals surface area contributed by atoms with E-state index in [0.717, 1.165) is 25.3 Å². The van der Waals surface area contributed by atoms with E-state index in [0.29, 0.717) is 12.8 Å². The second-order valence-corrected chi connectivity index (χ2v) is 6.73. The second-order valence-electron chi connectivity index (χ2n) is 5.25. The highest BCUT2D eigenvalue weighted by Gasteiger charge is 2.52. The third-order valence-corrected chi connectivity index (χ3v) is 5.40. The molecule has 0 unspecified atom stereocenters. The smallest absolute Gasteiger partial charge is 0.302 e. The van der Waals surface area contributed by atoms with Gasteiger partial charge in [-0.3, -0.25) is 4.18 Å². The van der Waals surface area contributed by atoms with Gasteiger partial charge in [0.05, 0.1) is 0 Å². The highest BCUT2D eigenvalue weighted by Crippen LogP contribution is 2.48. The maximum absolute atomic E-state index is 13.8. The molecular formula is C14H15FO4S. The molecule has 6 heteroatoms. The summed E-state index contributed by atoms with van der Waals surface area (Å²) in [4.78, 5) is -0.419. The monoisotopic (exact) mass is 298 g/mol. The lowest BCUT2D eigenvalue weighted by Crippen LogP contribution is -2.34. The first-order chi connectivity index (χ1) is 9.46. The van der Waals surface area contributed by atoms with E-state index in [1.54, 1.807) is 0 Å². The first kappa shape index (κ1) is 13.6. The molecule has 0 radical (unpaired) electrons. The molecule has 0 aromatic heterocycles. The molecule has 1 aliphatic heterocycles. The average Bonchev–Trinajstić information content (AvgIpc) is 2.59. The fourth-order valence-corrected chi connectivity index (χ4v) is 4.57. The molecule has 3 rings (SSSR count). The van der Waals surface area contributed by atoms with Crippen LogP contribution in [0.4, 0.5) is 4.39 Å². The van der Waals surface area contributed by atoms with Gasteiger partial charge in [-0.1, -0.05) is 37.5 Å². The molecule has 1 heterocycles. The van der Waals surface area contributed by atoms with Crippen molar-refractivity contribution in [2.75, 3.05) is 0 Å². The molecule has 108 valence electrons. The van der Waals surface area contributed by atoms with Crippen molar-refractivity contribution in [3.8, 4) is 0 Å². The lowest BCUT2D eigenvalue weighted by atomic mass is 9.83. The van der Waals surface area contributed by atoms with Gasteiger partial charge in [0.2, 0.25) is 0 Å². The first-order valence-corrected chi connectivity index (χ1v) is 8.01. The molecule has 1 N–H and O–H groups in total. The predicted molar refractivity (Wildman–Crippen MR) is 71.8 cm³/mol. The predicted octanol–water partition coefficient (Wildman–Crippen LogP) is 3.12. The first-order valence-electron chi connectivity index (χ1n) is 6.61. The standard InChI is InChI=1S/C14H15FO4S/c15-11-7-3-2-6-10(11)12-13(16)14(19-20(12,17)18)8-4-1-5-9-14/h2-3,6-7,16H,1,4-5,8-9H2. The van der Waals surface area contributed by atoms with Gasteiger partial charge < -0.3 is 5.11 Å². The molecule has 1 aromatic rings. The van der Waals surface area contributed by atoms with Crippen LogP contribution < -0.4 is 0 Å². The summed E-state index contributed by atoms with van der Waals surface area (Å²) >= 11 is 0. The number of halogens is 1. The zero-order valence-electron chi connectivity index (χ0n) is 10.8. The average molecular weight is 298 g/mol. The van der Waals surface area contributed by atoms with Gasteiger partial charge in [0, 0.05) is 5.56 Å². The van der Waals surface area contributed by atoms with E-state index >= 15 is 0 Å². The summed E-state index contributed by atoms with van der Waals surface area (Å²) in [5.74, 6) is -1.03. The highest BCUT2D eigenvalue weighted by molar-refractivity contribution is 7.96. The summed E-state index contributed by atoms with van der Waals surface area (Å²) in [6.07, 6.45) is 3.42. The Balaban J connectivity index is 2.19. The van der Waals surface area contributed by atoms with Gasteiger partial charge >= 0.3 is 10.1 Å². The fraction of sp³-hybridized carbons (Fsp3) is 0.429. The van der Waals surface area contributed by atoms with Crippen LogP contribution in [0.15, 0.2) is 30.0 Å². The van der Waals surface area contributed by atoms with Crippen molar-refractivity contribution >= 4 is 15.0 Å². The van der Waals surface area contributed by atoms with Crippen molar-refractivity contribution in [1.82, 2.24) is 0 Å². The van der Waals surface area contributed by atoms with Crippen LogP contribution in [0, 0.1) is 5.82 Å². The maximum atomic E-state index is 13.8. The molecule has 2 aliphatic rings. The van der Waals surface area contributed by atoms with Gasteiger partial charge in [0.25, 0.3) is 0 Å². The van der Waals surface area contributed by atoms with Crippen molar-refractivity contribution in [2.45, 2.75) is 37.7 Å². The number of benzene rings is 1. The minimum Gasteiger partial charge on any atom is -0.508 e. The van der Waals surface area contributed by atoms with Crippen LogP contribution in [0.3, 0.4) is 0 Å². The minimum atomic E-state index is -4.13. The van der Waals surface area contributed by atoms with E-state index in [4.69, 9.17) is 4.18 Å². The molecule has 1 fully saturated rings. The molecule has 0 amide bonds. The Bertz CT molecular complexity index is 672. The van der Waals surface area contributed by atoms with E-state index in [1.165, 1.54) is 18.2 Å². The molecule has 1 aromatic carbocycles. The lowest BCUT2D eigenvalue weighted by Gasteiger charge is -2.30. The zero-order valence-corrected chi connectivity index (χ0v) is 11.6. The second kappa shape index (κ2) is 4.56. The van der Waals surface area contributed by atoms with Gasteiger partial charge in [-0.2, -0.15) is 8.42 Å². The highest BCUT2D eigenvalue weighted by atomic mass is 32.2. The van der Waals surface area contributed by atoms with Gasteiger partial charge in [0.1, 0.15) is 22.1 Å². The van der Waals surface area contributed by atoms with Gasteiger partial charge in [0.15, 0.2) is 0 Å². The van der Waals surface area contributed by atoms with Crippen molar-refractivity contribution < 1.29 is 22.1 Å². The van der Waals surface area contributed by atoms with Gasteiger partial charge in [-0.05, 0) is 18.9 Å². The molecule has 1 aliphatic carbocycles. The van der Waals surface area contributed by atoms with Gasteiger partial charge in [-0.25, -0.2) is 4.39 Å². The summed E-state index contributed by atoms with van der Waals surface area (Å²) < 4.78 is 43.4. The summed E-state index contributed by atoms with van der Waals surface area (Å²) in [6.45, 7) is 0. The third kappa shape index (κ3) is 1.94. The van der Waals surface area contributed by atoms with E-state index in [2.05, 4.69) is 0 Å². The Kier molecular flexibility index (Phi) is 3.10. The van der Waals surface area contributed by atoms with Crippen LogP contribution >= 0.6 is 0 Å². The van der Waals surface area contributed by atoms with Crippen LogP contribution in [0.1, 0.15) is 37.7 Å². The van der Waals surface area contributed by atoms with Crippen LogP contribution in [-0.2, 0) is 14.3 Å². The topological polar surface area (TPSA) is 63.6 Å². The van der Waals surface area contributed by atoms with Crippen LogP contribution in [0.5, 0.6) is 0 Å². The number of rotatable bonds is 1. The molecule has 20 heavy (non-hydrogen) atoms. The molecule has 0 bridgehead atoms. The molecule has 0 atom stereocenters. The zero-order chi connectivity index (χ0) is 14.4. The quantitative estimate of drug-likeness (QED) is 0.809. The largest absolute Gasteiger partial charge is 0.508 e. The van der Waals surface area contributed by atoms with Crippen LogP contribution in [0.2, 0.25) is 0 Å². The maximum Gasteiger partial charge on any atom is 0.302 e. The van der Waals surface area contributed by atoms with Gasteiger partial charge in [-0.15, -0.1) is 0 Å². The Morgan fingerprint density at radius 2 is 1.80 bits per heavy atom. The number of aliphatic hydroxyl groups excluding tert-OH is 1. The summed E-state index contributed by atoms with van der Waals surface area (Å²) in [5.41, 5.74) is -1.32. The molecular weight excluding hydrogens is 283 g/mol. The van der Waals surface area contributed by atoms with E-state index < -0.39 is 26.4 Å². The molecule has 1 saturated carbocycles. The SMILES string of the molecule is O=S1(=O)OC2(CCCCC2)C(O)=C1c1ccccc1F. The Morgan fingerprint density at radius 3 is 2.45 bits per heavy atom. The van der Waals surface area contributed by atoms with Crippen molar-refractivity contribution in [3.63, 3.8) is 0 Å². The summed E-state index contributed by atoms with van der Waals surface area (Å²) in [6, 6.07) is 5.50.